The molecule has 5 aromatic carbocycles. The first-order valence-corrected chi connectivity index (χ1v) is 27.8. The molecule has 0 radical (unpaired) electrons. The summed E-state index contributed by atoms with van der Waals surface area (Å²) in [5.41, 5.74) is 1.73. The third kappa shape index (κ3) is 21.1. The highest BCUT2D eigenvalue weighted by atomic mass is 16.6. The van der Waals surface area contributed by atoms with E-state index in [4.69, 9.17) is 66.3 Å². The highest BCUT2D eigenvalue weighted by molar-refractivity contribution is 6.13. The molecule has 4 N–H and O–H groups in total. The average molecular weight is 1170 g/mol. The second kappa shape index (κ2) is 37.4. The van der Waals surface area contributed by atoms with Crippen molar-refractivity contribution in [3.63, 3.8) is 0 Å². The lowest BCUT2D eigenvalue weighted by atomic mass is 10.1. The SMILES string of the molecule is CCCCCCCCOc1ccc(C)cc1NC(=O)c1cc(NC(=O)c2cc(NC(=O)c3cc(NC(=O)c4ccccc4OC)c(OC)cc3OC)c(OCCOCCOCCOC)cc2OCCOCCOCCOC)c(OC)cc1OC. The number of unbranched alkanes of at least 4 members (excludes halogenated alkanes) is 5. The Bertz CT molecular complexity index is 2870. The predicted octanol–water partition coefficient (Wildman–Crippen LogP) is 9.90. The topological polar surface area (TPSA) is 246 Å². The molecule has 0 spiro atoms. The first-order valence-electron chi connectivity index (χ1n) is 27.8. The van der Waals surface area contributed by atoms with Crippen LogP contribution in [-0.4, -0.2) is 159 Å². The first-order chi connectivity index (χ1) is 40.9. The molecular weight excluding hydrogens is 1090 g/mol. The van der Waals surface area contributed by atoms with Crippen molar-refractivity contribution in [3.05, 3.63) is 107 Å². The van der Waals surface area contributed by atoms with E-state index in [1.54, 1.807) is 38.5 Å². The molecule has 458 valence electrons. The molecule has 22 nitrogen and oxygen atoms in total. The zero-order chi connectivity index (χ0) is 60.5. The van der Waals surface area contributed by atoms with Gasteiger partial charge in [-0.25, -0.2) is 0 Å². The Labute approximate surface area is 492 Å². The van der Waals surface area contributed by atoms with Crippen molar-refractivity contribution >= 4 is 46.4 Å². The summed E-state index contributed by atoms with van der Waals surface area (Å²) >= 11 is 0. The summed E-state index contributed by atoms with van der Waals surface area (Å²) in [6.07, 6.45) is 6.56. The van der Waals surface area contributed by atoms with Gasteiger partial charge in [-0.05, 0) is 61.4 Å². The lowest BCUT2D eigenvalue weighted by Gasteiger charge is -2.20. The van der Waals surface area contributed by atoms with Crippen LogP contribution in [0.25, 0.3) is 0 Å². The minimum atomic E-state index is -0.751. The number of rotatable bonds is 41. The summed E-state index contributed by atoms with van der Waals surface area (Å²) < 4.78 is 79.6. The smallest absolute Gasteiger partial charge is 0.259 e. The average Bonchev–Trinajstić information content (AvgIpc) is 3.29. The number of aryl methyl sites for hydroxylation is 1. The quantitative estimate of drug-likeness (QED) is 0.0266. The standard InChI is InChI=1S/C62H82N4O18/c1-10-11-12-13-14-17-22-82-52-21-20-42(2)35-47(52)63-60(68)44-37-49(57(77-9)40-53(44)74-6)65-62(70)46-38-50(58(84-34-32-81-30-28-79-26-24-72-4)41-55(46)83-33-31-80-29-27-78-25-23-71-3)66-61(69)45-36-48(56(76-8)39-54(45)75-7)64-59(67)43-18-15-16-19-51(43)73-5/h15-16,18-21,35-41H,10-14,17,22-34H2,1-9H3,(H,63,68)(H,64,67)(H,65,70)(H,66,69). The second-order valence-corrected chi connectivity index (χ2v) is 18.6. The van der Waals surface area contributed by atoms with Crippen LogP contribution in [0.2, 0.25) is 0 Å². The summed E-state index contributed by atoms with van der Waals surface area (Å²) in [4.78, 5) is 57.7. The minimum absolute atomic E-state index is 0.0109. The first kappa shape index (κ1) is 66.9. The molecule has 0 bridgehead atoms. The molecule has 0 saturated carbocycles. The van der Waals surface area contributed by atoms with Crippen molar-refractivity contribution in [1.82, 2.24) is 0 Å². The van der Waals surface area contributed by atoms with Gasteiger partial charge in [0.25, 0.3) is 23.6 Å². The van der Waals surface area contributed by atoms with E-state index in [1.807, 2.05) is 25.1 Å². The Kier molecular flexibility index (Phi) is 29.8. The molecule has 0 aromatic heterocycles. The Morgan fingerprint density at radius 1 is 0.333 bits per heavy atom. The van der Waals surface area contributed by atoms with Crippen LogP contribution in [0, 0.1) is 6.92 Å². The number of hydrogen-bond donors (Lipinski definition) is 4. The zero-order valence-electron chi connectivity index (χ0n) is 49.8. The Morgan fingerprint density at radius 2 is 0.714 bits per heavy atom. The fourth-order valence-electron chi connectivity index (χ4n) is 8.30. The van der Waals surface area contributed by atoms with E-state index in [9.17, 15) is 19.2 Å². The lowest BCUT2D eigenvalue weighted by molar-refractivity contribution is 0.0174. The molecule has 5 aromatic rings. The maximum absolute atomic E-state index is 15.0. The van der Waals surface area contributed by atoms with Crippen LogP contribution in [0.1, 0.15) is 92.4 Å². The third-order valence-corrected chi connectivity index (χ3v) is 12.7. The number of carbonyl (C=O) groups excluding carboxylic acids is 4. The number of benzene rings is 5. The van der Waals surface area contributed by atoms with Gasteiger partial charge >= 0.3 is 0 Å². The van der Waals surface area contributed by atoms with E-state index in [2.05, 4.69) is 28.2 Å². The molecule has 0 heterocycles. The summed E-state index contributed by atoms with van der Waals surface area (Å²) in [7, 11) is 10.2. The van der Waals surface area contributed by atoms with Crippen LogP contribution >= 0.6 is 0 Å². The highest BCUT2D eigenvalue weighted by Gasteiger charge is 2.26. The fraction of sp³-hybridized carbons (Fsp3) is 0.452. The molecule has 0 aliphatic heterocycles. The molecule has 0 unspecified atom stereocenters. The normalized spacial score (nSPS) is 10.9. The summed E-state index contributed by atoms with van der Waals surface area (Å²) in [5, 5.41) is 11.6. The molecule has 0 aliphatic carbocycles. The number of hydrogen-bond acceptors (Lipinski definition) is 18. The largest absolute Gasteiger partial charge is 0.496 e. The summed E-state index contributed by atoms with van der Waals surface area (Å²) in [5.74, 6) is -1.09. The van der Waals surface area contributed by atoms with Gasteiger partial charge in [0.2, 0.25) is 0 Å². The number of anilines is 4. The molecule has 0 atom stereocenters. The molecule has 0 saturated heterocycles. The van der Waals surface area contributed by atoms with Gasteiger partial charge in [0.15, 0.2) is 0 Å². The Morgan fingerprint density at radius 3 is 1.20 bits per heavy atom. The van der Waals surface area contributed by atoms with Gasteiger partial charge in [0.1, 0.15) is 59.2 Å². The minimum Gasteiger partial charge on any atom is -0.496 e. The van der Waals surface area contributed by atoms with Crippen molar-refractivity contribution in [1.29, 1.82) is 0 Å². The van der Waals surface area contributed by atoms with Gasteiger partial charge in [-0.3, -0.25) is 19.2 Å². The molecule has 22 heteroatoms. The second-order valence-electron chi connectivity index (χ2n) is 18.6. The maximum atomic E-state index is 15.0. The molecule has 84 heavy (non-hydrogen) atoms. The van der Waals surface area contributed by atoms with Crippen LogP contribution in [0.5, 0.6) is 46.0 Å². The number of para-hydroxylation sites is 1. The van der Waals surface area contributed by atoms with E-state index in [0.29, 0.717) is 63.4 Å². The van der Waals surface area contributed by atoms with E-state index in [1.165, 1.54) is 84.8 Å². The molecule has 5 rings (SSSR count). The molecule has 0 aliphatic rings. The number of ether oxygens (including phenoxy) is 14. The van der Waals surface area contributed by atoms with Gasteiger partial charge in [-0.15, -0.1) is 0 Å². The molecule has 0 fully saturated rings. The number of methoxy groups -OCH3 is 7. The predicted molar refractivity (Wildman–Crippen MR) is 318 cm³/mol. The van der Waals surface area contributed by atoms with Gasteiger partial charge in [0, 0.05) is 32.4 Å². The van der Waals surface area contributed by atoms with Crippen molar-refractivity contribution in [2.75, 3.05) is 157 Å². The maximum Gasteiger partial charge on any atom is 0.259 e. The van der Waals surface area contributed by atoms with E-state index in [-0.39, 0.29) is 113 Å². The van der Waals surface area contributed by atoms with Gasteiger partial charge in [0.05, 0.1) is 153 Å². The monoisotopic (exact) mass is 1170 g/mol. The Hall–Kier alpha value is -7.86. The molecule has 4 amide bonds. The third-order valence-electron chi connectivity index (χ3n) is 12.7. The van der Waals surface area contributed by atoms with Gasteiger partial charge in [-0.1, -0.05) is 57.2 Å². The lowest BCUT2D eigenvalue weighted by Crippen LogP contribution is -2.20. The zero-order valence-corrected chi connectivity index (χ0v) is 49.8. The fourth-order valence-corrected chi connectivity index (χ4v) is 8.30. The van der Waals surface area contributed by atoms with Crippen molar-refractivity contribution in [3.8, 4) is 46.0 Å². The van der Waals surface area contributed by atoms with Crippen LogP contribution in [0.15, 0.2) is 78.9 Å². The number of amides is 4. The van der Waals surface area contributed by atoms with Crippen LogP contribution in [-0.2, 0) is 28.4 Å². The van der Waals surface area contributed by atoms with Crippen LogP contribution < -0.4 is 59.2 Å². The van der Waals surface area contributed by atoms with Crippen molar-refractivity contribution < 1.29 is 85.5 Å². The van der Waals surface area contributed by atoms with E-state index >= 15 is 0 Å². The van der Waals surface area contributed by atoms with Crippen LogP contribution in [0.3, 0.4) is 0 Å². The highest BCUT2D eigenvalue weighted by Crippen LogP contribution is 2.40. The number of nitrogens with one attached hydrogen (secondary N) is 4. The van der Waals surface area contributed by atoms with Crippen molar-refractivity contribution in [2.24, 2.45) is 0 Å². The van der Waals surface area contributed by atoms with Gasteiger partial charge in [-0.2, -0.15) is 0 Å². The molecular formula is C62H82N4O18. The van der Waals surface area contributed by atoms with E-state index in [0.717, 1.165) is 31.2 Å². The summed E-state index contributed by atoms with van der Waals surface area (Å²) in [6, 6.07) is 20.8. The Balaban J connectivity index is 1.53. The number of carbonyl (C=O) groups is 4. The van der Waals surface area contributed by atoms with Crippen molar-refractivity contribution in [2.45, 2.75) is 52.4 Å². The van der Waals surface area contributed by atoms with E-state index < -0.39 is 23.6 Å². The summed E-state index contributed by atoms with van der Waals surface area (Å²) in [6.45, 7) is 7.49. The van der Waals surface area contributed by atoms with Crippen LogP contribution in [0.4, 0.5) is 22.7 Å². The van der Waals surface area contributed by atoms with Gasteiger partial charge < -0.3 is 87.6 Å².